The molecule has 0 saturated heterocycles. The number of halogens is 2. The number of aliphatic hydroxyl groups excluding tert-OH is 1. The first-order chi connectivity index (χ1) is 9.59. The Morgan fingerprint density at radius 1 is 1.10 bits per heavy atom. The second-order valence-corrected chi connectivity index (χ2v) is 5.10. The summed E-state index contributed by atoms with van der Waals surface area (Å²) in [7, 11) is 0. The summed E-state index contributed by atoms with van der Waals surface area (Å²) in [4.78, 5) is 0. The zero-order valence-corrected chi connectivity index (χ0v) is 11.9. The van der Waals surface area contributed by atoms with Gasteiger partial charge in [-0.1, -0.05) is 48.0 Å². The summed E-state index contributed by atoms with van der Waals surface area (Å²) in [6.07, 6.45) is -0.724. The Bertz CT molecular complexity index is 524. The third kappa shape index (κ3) is 3.57. The van der Waals surface area contributed by atoms with Crippen molar-refractivity contribution in [3.05, 3.63) is 70.5 Å². The smallest absolute Gasteiger partial charge is 0.127 e. The number of hydrogen-bond acceptors (Lipinski definition) is 2. The minimum atomic E-state index is -0.724. The first-order valence-electron chi connectivity index (χ1n) is 6.50. The molecule has 2 aromatic rings. The van der Waals surface area contributed by atoms with Crippen LogP contribution in [0.2, 0.25) is 5.02 Å². The van der Waals surface area contributed by atoms with E-state index < -0.39 is 6.10 Å². The molecule has 2 aromatic carbocycles. The van der Waals surface area contributed by atoms with Crippen LogP contribution in [0.15, 0.2) is 48.5 Å². The van der Waals surface area contributed by atoms with E-state index in [1.807, 2.05) is 19.1 Å². The molecule has 0 aliphatic heterocycles. The SMILES string of the molecule is CC(NCC(O)c1ccccc1Cl)c1ccccc1F. The topological polar surface area (TPSA) is 32.3 Å². The zero-order valence-electron chi connectivity index (χ0n) is 11.2. The summed E-state index contributed by atoms with van der Waals surface area (Å²) < 4.78 is 13.6. The van der Waals surface area contributed by atoms with Crippen molar-refractivity contribution in [3.8, 4) is 0 Å². The Morgan fingerprint density at radius 2 is 1.70 bits per heavy atom. The van der Waals surface area contributed by atoms with Gasteiger partial charge in [-0.2, -0.15) is 0 Å². The van der Waals surface area contributed by atoms with Gasteiger partial charge in [0, 0.05) is 28.7 Å². The van der Waals surface area contributed by atoms with Crippen molar-refractivity contribution in [2.45, 2.75) is 19.1 Å². The molecular weight excluding hydrogens is 277 g/mol. The van der Waals surface area contributed by atoms with Crippen molar-refractivity contribution in [1.82, 2.24) is 5.32 Å². The normalized spacial score (nSPS) is 14.0. The van der Waals surface area contributed by atoms with Gasteiger partial charge >= 0.3 is 0 Å². The van der Waals surface area contributed by atoms with E-state index in [9.17, 15) is 9.50 Å². The summed E-state index contributed by atoms with van der Waals surface area (Å²) in [6, 6.07) is 13.6. The summed E-state index contributed by atoms with van der Waals surface area (Å²) in [6.45, 7) is 2.16. The van der Waals surface area contributed by atoms with E-state index in [1.54, 1.807) is 30.3 Å². The van der Waals surface area contributed by atoms with Crippen LogP contribution in [-0.2, 0) is 0 Å². The Kier molecular flexibility index (Phi) is 5.12. The minimum absolute atomic E-state index is 0.187. The fourth-order valence-electron chi connectivity index (χ4n) is 2.08. The fourth-order valence-corrected chi connectivity index (χ4v) is 2.34. The van der Waals surface area contributed by atoms with Crippen molar-refractivity contribution < 1.29 is 9.50 Å². The Morgan fingerprint density at radius 3 is 2.35 bits per heavy atom. The van der Waals surface area contributed by atoms with Crippen molar-refractivity contribution in [2.24, 2.45) is 0 Å². The quantitative estimate of drug-likeness (QED) is 0.877. The largest absolute Gasteiger partial charge is 0.387 e. The molecule has 2 N–H and O–H groups in total. The second kappa shape index (κ2) is 6.84. The summed E-state index contributed by atoms with van der Waals surface area (Å²) >= 11 is 6.03. The van der Waals surface area contributed by atoms with Gasteiger partial charge in [0.1, 0.15) is 5.82 Å². The molecule has 0 aliphatic carbocycles. The Balaban J connectivity index is 1.99. The molecular formula is C16H17ClFNO. The van der Waals surface area contributed by atoms with Crippen LogP contribution in [0, 0.1) is 5.82 Å². The number of aliphatic hydroxyl groups is 1. The van der Waals surface area contributed by atoms with Crippen molar-refractivity contribution >= 4 is 11.6 Å². The van der Waals surface area contributed by atoms with Crippen molar-refractivity contribution in [3.63, 3.8) is 0 Å². The third-order valence-electron chi connectivity index (χ3n) is 3.25. The van der Waals surface area contributed by atoms with Gasteiger partial charge in [-0.05, 0) is 19.1 Å². The van der Waals surface area contributed by atoms with Crippen LogP contribution in [0.5, 0.6) is 0 Å². The predicted octanol–water partition coefficient (Wildman–Crippen LogP) is 3.86. The molecule has 0 amide bonds. The lowest BCUT2D eigenvalue weighted by Gasteiger charge is -2.18. The minimum Gasteiger partial charge on any atom is -0.387 e. The molecule has 20 heavy (non-hydrogen) atoms. The third-order valence-corrected chi connectivity index (χ3v) is 3.60. The van der Waals surface area contributed by atoms with E-state index in [4.69, 9.17) is 11.6 Å². The molecule has 0 bridgehead atoms. The predicted molar refractivity (Wildman–Crippen MR) is 79.2 cm³/mol. The van der Waals surface area contributed by atoms with E-state index in [0.29, 0.717) is 22.7 Å². The average Bonchev–Trinajstić information content (AvgIpc) is 2.45. The number of nitrogens with one attached hydrogen (secondary N) is 1. The lowest BCUT2D eigenvalue weighted by Crippen LogP contribution is -2.25. The van der Waals surface area contributed by atoms with Crippen molar-refractivity contribution in [2.75, 3.05) is 6.54 Å². The highest BCUT2D eigenvalue weighted by atomic mass is 35.5. The van der Waals surface area contributed by atoms with E-state index in [-0.39, 0.29) is 11.9 Å². The molecule has 2 unspecified atom stereocenters. The standard InChI is InChI=1S/C16H17ClFNO/c1-11(12-6-3-5-9-15(12)18)19-10-16(20)13-7-2-4-8-14(13)17/h2-9,11,16,19-20H,10H2,1H3. The molecule has 2 atom stereocenters. The fraction of sp³-hybridized carbons (Fsp3) is 0.250. The molecule has 0 aliphatic rings. The first-order valence-corrected chi connectivity index (χ1v) is 6.87. The molecule has 106 valence electrons. The first kappa shape index (κ1) is 15.0. The summed E-state index contributed by atoms with van der Waals surface area (Å²) in [5, 5.41) is 13.8. The van der Waals surface area contributed by atoms with E-state index in [0.717, 1.165) is 0 Å². The van der Waals surface area contributed by atoms with E-state index in [1.165, 1.54) is 6.07 Å². The molecule has 0 aromatic heterocycles. The molecule has 0 fully saturated rings. The maximum atomic E-state index is 13.6. The van der Waals surface area contributed by atoms with Gasteiger partial charge in [0.05, 0.1) is 6.10 Å². The van der Waals surface area contributed by atoms with Crippen LogP contribution in [0.1, 0.15) is 30.2 Å². The highest BCUT2D eigenvalue weighted by Gasteiger charge is 2.14. The highest BCUT2D eigenvalue weighted by Crippen LogP contribution is 2.23. The van der Waals surface area contributed by atoms with Gasteiger partial charge in [0.25, 0.3) is 0 Å². The maximum absolute atomic E-state index is 13.6. The summed E-state index contributed by atoms with van der Waals surface area (Å²) in [5.74, 6) is -0.250. The second-order valence-electron chi connectivity index (χ2n) is 4.69. The average molecular weight is 294 g/mol. The van der Waals surface area contributed by atoms with Gasteiger partial charge in [-0.15, -0.1) is 0 Å². The lowest BCUT2D eigenvalue weighted by atomic mass is 10.1. The Hall–Kier alpha value is -1.42. The molecule has 0 heterocycles. The van der Waals surface area contributed by atoms with Gasteiger partial charge in [-0.25, -0.2) is 4.39 Å². The van der Waals surface area contributed by atoms with Gasteiger partial charge in [-0.3, -0.25) is 0 Å². The molecule has 0 radical (unpaired) electrons. The summed E-state index contributed by atoms with van der Waals surface area (Å²) in [5.41, 5.74) is 1.25. The van der Waals surface area contributed by atoms with Crippen LogP contribution in [-0.4, -0.2) is 11.7 Å². The van der Waals surface area contributed by atoms with Crippen LogP contribution in [0.4, 0.5) is 4.39 Å². The van der Waals surface area contributed by atoms with E-state index in [2.05, 4.69) is 5.32 Å². The molecule has 0 saturated carbocycles. The van der Waals surface area contributed by atoms with Crippen LogP contribution >= 0.6 is 11.6 Å². The molecule has 2 rings (SSSR count). The molecule has 2 nitrogen and oxygen atoms in total. The van der Waals surface area contributed by atoms with Gasteiger partial charge in [0.2, 0.25) is 0 Å². The van der Waals surface area contributed by atoms with Gasteiger partial charge < -0.3 is 10.4 Å². The zero-order chi connectivity index (χ0) is 14.5. The monoisotopic (exact) mass is 293 g/mol. The number of hydrogen-bond donors (Lipinski definition) is 2. The number of benzene rings is 2. The lowest BCUT2D eigenvalue weighted by molar-refractivity contribution is 0.170. The number of rotatable bonds is 5. The molecule has 0 spiro atoms. The Labute approximate surface area is 123 Å². The maximum Gasteiger partial charge on any atom is 0.127 e. The van der Waals surface area contributed by atoms with E-state index >= 15 is 0 Å². The van der Waals surface area contributed by atoms with Crippen LogP contribution in [0.3, 0.4) is 0 Å². The van der Waals surface area contributed by atoms with Gasteiger partial charge in [0.15, 0.2) is 0 Å². The molecule has 4 heteroatoms. The highest BCUT2D eigenvalue weighted by molar-refractivity contribution is 6.31. The van der Waals surface area contributed by atoms with Crippen LogP contribution < -0.4 is 5.32 Å². The van der Waals surface area contributed by atoms with Crippen molar-refractivity contribution in [1.29, 1.82) is 0 Å². The van der Waals surface area contributed by atoms with Crippen LogP contribution in [0.25, 0.3) is 0 Å².